The molecule has 0 aliphatic carbocycles. The first kappa shape index (κ1) is 13.8. The Bertz CT molecular complexity index is 612. The van der Waals surface area contributed by atoms with Crippen LogP contribution in [0.3, 0.4) is 0 Å². The number of carboxylic acid groups (broad SMARTS) is 1. The number of nitrogens with zero attached hydrogens (tertiary/aromatic N) is 3. The van der Waals surface area contributed by atoms with E-state index in [9.17, 15) is 4.79 Å². The summed E-state index contributed by atoms with van der Waals surface area (Å²) in [7, 11) is 0. The summed E-state index contributed by atoms with van der Waals surface area (Å²) in [5.74, 6) is -0.898. The van der Waals surface area contributed by atoms with Gasteiger partial charge in [-0.15, -0.1) is 0 Å². The van der Waals surface area contributed by atoms with E-state index in [1.165, 1.54) is 0 Å². The van der Waals surface area contributed by atoms with E-state index >= 15 is 0 Å². The SMILES string of the molecule is O=C(O)C1CN(Cc2cccc(-n3cccn3)c2)CCO1. The monoisotopic (exact) mass is 287 g/mol. The molecule has 0 amide bonds. The number of aromatic nitrogens is 2. The van der Waals surface area contributed by atoms with Crippen molar-refractivity contribution in [1.29, 1.82) is 0 Å². The summed E-state index contributed by atoms with van der Waals surface area (Å²) in [5, 5.41) is 13.2. The molecule has 6 nitrogen and oxygen atoms in total. The Balaban J connectivity index is 1.70. The van der Waals surface area contributed by atoms with E-state index in [1.54, 1.807) is 6.20 Å². The molecule has 0 radical (unpaired) electrons. The van der Waals surface area contributed by atoms with Gasteiger partial charge in [0.1, 0.15) is 0 Å². The molecule has 1 N–H and O–H groups in total. The van der Waals surface area contributed by atoms with Crippen LogP contribution in [0.4, 0.5) is 0 Å². The van der Waals surface area contributed by atoms with Gasteiger partial charge in [0.05, 0.1) is 12.3 Å². The van der Waals surface area contributed by atoms with Crippen molar-refractivity contribution in [2.24, 2.45) is 0 Å². The van der Waals surface area contributed by atoms with E-state index in [4.69, 9.17) is 9.84 Å². The summed E-state index contributed by atoms with van der Waals surface area (Å²) >= 11 is 0. The molecule has 1 fully saturated rings. The summed E-state index contributed by atoms with van der Waals surface area (Å²) in [5.41, 5.74) is 2.13. The highest BCUT2D eigenvalue weighted by molar-refractivity contribution is 5.72. The van der Waals surface area contributed by atoms with Gasteiger partial charge >= 0.3 is 5.97 Å². The van der Waals surface area contributed by atoms with Crippen molar-refractivity contribution in [2.75, 3.05) is 19.7 Å². The van der Waals surface area contributed by atoms with Crippen LogP contribution in [0, 0.1) is 0 Å². The lowest BCUT2D eigenvalue weighted by molar-refractivity contribution is -0.156. The number of ether oxygens (including phenoxy) is 1. The Hall–Kier alpha value is -2.18. The molecular weight excluding hydrogens is 270 g/mol. The Morgan fingerprint density at radius 1 is 1.43 bits per heavy atom. The molecule has 1 aromatic carbocycles. The molecule has 1 aliphatic rings. The largest absolute Gasteiger partial charge is 0.479 e. The van der Waals surface area contributed by atoms with Crippen molar-refractivity contribution >= 4 is 5.97 Å². The summed E-state index contributed by atoms with van der Waals surface area (Å²) in [6.07, 6.45) is 2.91. The fourth-order valence-corrected chi connectivity index (χ4v) is 2.47. The van der Waals surface area contributed by atoms with Crippen LogP contribution in [-0.2, 0) is 16.1 Å². The van der Waals surface area contributed by atoms with E-state index in [0.29, 0.717) is 19.7 Å². The smallest absolute Gasteiger partial charge is 0.334 e. The fourth-order valence-electron chi connectivity index (χ4n) is 2.47. The molecule has 0 saturated carbocycles. The zero-order valence-electron chi connectivity index (χ0n) is 11.6. The minimum atomic E-state index is -0.898. The van der Waals surface area contributed by atoms with E-state index in [2.05, 4.69) is 16.1 Å². The van der Waals surface area contributed by atoms with Crippen molar-refractivity contribution in [3.8, 4) is 5.69 Å². The van der Waals surface area contributed by atoms with Crippen molar-refractivity contribution in [2.45, 2.75) is 12.6 Å². The maximum atomic E-state index is 11.0. The third-order valence-electron chi connectivity index (χ3n) is 3.51. The maximum Gasteiger partial charge on any atom is 0.334 e. The van der Waals surface area contributed by atoms with Gasteiger partial charge in [-0.05, 0) is 23.8 Å². The Labute approximate surface area is 122 Å². The zero-order chi connectivity index (χ0) is 14.7. The molecule has 2 aromatic rings. The summed E-state index contributed by atoms with van der Waals surface area (Å²) in [6.45, 7) is 2.33. The van der Waals surface area contributed by atoms with E-state index in [-0.39, 0.29) is 0 Å². The number of morpholine rings is 1. The van der Waals surface area contributed by atoms with Crippen LogP contribution in [0.1, 0.15) is 5.56 Å². The number of carboxylic acids is 1. The number of carbonyl (C=O) groups is 1. The lowest BCUT2D eigenvalue weighted by Gasteiger charge is -2.30. The van der Waals surface area contributed by atoms with Gasteiger partial charge in [0.2, 0.25) is 0 Å². The van der Waals surface area contributed by atoms with Crippen molar-refractivity contribution in [1.82, 2.24) is 14.7 Å². The van der Waals surface area contributed by atoms with Crippen LogP contribution >= 0.6 is 0 Å². The van der Waals surface area contributed by atoms with Gasteiger partial charge in [0.25, 0.3) is 0 Å². The van der Waals surface area contributed by atoms with Crippen molar-refractivity contribution in [3.63, 3.8) is 0 Å². The van der Waals surface area contributed by atoms with Crippen molar-refractivity contribution in [3.05, 3.63) is 48.3 Å². The first-order valence-corrected chi connectivity index (χ1v) is 6.88. The molecule has 21 heavy (non-hydrogen) atoms. The van der Waals surface area contributed by atoms with Gasteiger partial charge in [-0.1, -0.05) is 12.1 Å². The molecule has 1 saturated heterocycles. The minimum absolute atomic E-state index is 0.418. The number of benzene rings is 1. The minimum Gasteiger partial charge on any atom is -0.479 e. The fraction of sp³-hybridized carbons (Fsp3) is 0.333. The maximum absolute atomic E-state index is 11.0. The molecule has 1 aromatic heterocycles. The quantitative estimate of drug-likeness (QED) is 0.914. The van der Waals surface area contributed by atoms with Crippen LogP contribution in [0.5, 0.6) is 0 Å². The Kier molecular flexibility index (Phi) is 3.98. The first-order valence-electron chi connectivity index (χ1n) is 6.88. The molecule has 3 rings (SSSR count). The Morgan fingerprint density at radius 3 is 3.10 bits per heavy atom. The molecule has 0 bridgehead atoms. The predicted molar refractivity (Wildman–Crippen MR) is 76.2 cm³/mol. The van der Waals surface area contributed by atoms with Gasteiger partial charge in [0.15, 0.2) is 6.10 Å². The van der Waals surface area contributed by atoms with Gasteiger partial charge < -0.3 is 9.84 Å². The molecule has 1 unspecified atom stereocenters. The first-order chi connectivity index (χ1) is 10.2. The van der Waals surface area contributed by atoms with Crippen molar-refractivity contribution < 1.29 is 14.6 Å². The summed E-state index contributed by atoms with van der Waals surface area (Å²) in [4.78, 5) is 13.1. The summed E-state index contributed by atoms with van der Waals surface area (Å²) < 4.78 is 7.04. The third kappa shape index (κ3) is 3.29. The zero-order valence-corrected chi connectivity index (χ0v) is 11.6. The second kappa shape index (κ2) is 6.07. The highest BCUT2D eigenvalue weighted by atomic mass is 16.5. The van der Waals surface area contributed by atoms with Gasteiger partial charge in [-0.3, -0.25) is 4.90 Å². The Morgan fingerprint density at radius 2 is 2.33 bits per heavy atom. The number of rotatable bonds is 4. The molecular formula is C15H17N3O3. The average molecular weight is 287 g/mol. The van der Waals surface area contributed by atoms with Gasteiger partial charge in [-0.25, -0.2) is 9.48 Å². The van der Waals surface area contributed by atoms with E-state index in [0.717, 1.165) is 17.8 Å². The lowest BCUT2D eigenvalue weighted by atomic mass is 10.1. The average Bonchev–Trinajstić information content (AvgIpc) is 3.02. The highest BCUT2D eigenvalue weighted by Crippen LogP contribution is 2.14. The number of hydrogen-bond donors (Lipinski definition) is 1. The molecule has 0 spiro atoms. The molecule has 6 heteroatoms. The van der Waals surface area contributed by atoms with Gasteiger partial charge in [-0.2, -0.15) is 5.10 Å². The molecule has 2 heterocycles. The number of aliphatic carboxylic acids is 1. The predicted octanol–water partition coefficient (Wildman–Crippen LogP) is 1.16. The normalized spacial score (nSPS) is 19.5. The van der Waals surface area contributed by atoms with Crippen LogP contribution < -0.4 is 0 Å². The van der Waals surface area contributed by atoms with Gasteiger partial charge in [0, 0.05) is 32.0 Å². The summed E-state index contributed by atoms with van der Waals surface area (Å²) in [6, 6.07) is 9.97. The standard InChI is InChI=1S/C15H17N3O3/c19-15(20)14-11-17(7-8-21-14)10-12-3-1-4-13(9-12)18-6-2-5-16-18/h1-6,9,14H,7-8,10-11H2,(H,19,20). The van der Waals surface area contributed by atoms with Crippen LogP contribution in [0.15, 0.2) is 42.7 Å². The molecule has 110 valence electrons. The lowest BCUT2D eigenvalue weighted by Crippen LogP contribution is -2.45. The third-order valence-corrected chi connectivity index (χ3v) is 3.51. The second-order valence-electron chi connectivity index (χ2n) is 5.05. The number of hydrogen-bond acceptors (Lipinski definition) is 4. The van der Waals surface area contributed by atoms with Crippen LogP contribution in [0.25, 0.3) is 5.69 Å². The molecule has 1 atom stereocenters. The van der Waals surface area contributed by atoms with E-state index in [1.807, 2.05) is 35.1 Å². The topological polar surface area (TPSA) is 67.6 Å². The van der Waals surface area contributed by atoms with Crippen LogP contribution in [-0.4, -0.2) is 51.6 Å². The van der Waals surface area contributed by atoms with Crippen LogP contribution in [0.2, 0.25) is 0 Å². The van der Waals surface area contributed by atoms with E-state index < -0.39 is 12.1 Å². The highest BCUT2D eigenvalue weighted by Gasteiger charge is 2.26. The second-order valence-corrected chi connectivity index (χ2v) is 5.05. The molecule has 1 aliphatic heterocycles.